The molecule has 0 amide bonds. The Morgan fingerprint density at radius 2 is 1.20 bits per heavy atom. The fraction of sp³-hybridized carbons (Fsp3) is 1.00. The van der Waals surface area contributed by atoms with Crippen molar-refractivity contribution >= 4 is 0 Å². The van der Waals surface area contributed by atoms with Crippen LogP contribution in [0.2, 0.25) is 0 Å². The molecule has 0 fully saturated rings. The van der Waals surface area contributed by atoms with Gasteiger partial charge in [-0.25, -0.2) is 0 Å². The van der Waals surface area contributed by atoms with Gasteiger partial charge in [-0.05, 0) is 19.6 Å². The summed E-state index contributed by atoms with van der Waals surface area (Å²) in [4.78, 5) is 2.38. The van der Waals surface area contributed by atoms with E-state index in [9.17, 15) is 0 Å². The molecule has 0 heterocycles. The first kappa shape index (κ1) is 12.9. The summed E-state index contributed by atoms with van der Waals surface area (Å²) in [6.45, 7) is 10.1. The molecule has 10 heavy (non-hydrogen) atoms. The summed E-state index contributed by atoms with van der Waals surface area (Å²) in [6, 6.07) is 0. The van der Waals surface area contributed by atoms with E-state index in [-0.39, 0.29) is 0 Å². The van der Waals surface area contributed by atoms with Crippen LogP contribution in [0.1, 0.15) is 20.8 Å². The van der Waals surface area contributed by atoms with E-state index in [1.165, 1.54) is 19.6 Å². The summed E-state index contributed by atoms with van der Waals surface area (Å²) in [6.07, 6.45) is 0. The summed E-state index contributed by atoms with van der Waals surface area (Å²) in [5.74, 6) is 0. The zero-order valence-electron chi connectivity index (χ0n) is 6.89. The fourth-order valence-electron chi connectivity index (χ4n) is 0.671. The predicted octanol–water partition coefficient (Wildman–Crippen LogP) is 1.11. The van der Waals surface area contributed by atoms with Crippen LogP contribution < -0.4 is 0 Å². The van der Waals surface area contributed by atoms with Crippen molar-refractivity contribution in [3.63, 3.8) is 0 Å². The van der Waals surface area contributed by atoms with E-state index in [2.05, 4.69) is 25.7 Å². The molecule has 0 atom stereocenters. The van der Waals surface area contributed by atoms with Crippen LogP contribution in [0.3, 0.4) is 0 Å². The molecule has 0 saturated carbocycles. The summed E-state index contributed by atoms with van der Waals surface area (Å²) in [5, 5.41) is 0. The second-order valence-electron chi connectivity index (χ2n) is 1.70. The molecule has 0 saturated heterocycles. The fourth-order valence-corrected chi connectivity index (χ4v) is 0.671. The molecule has 0 aliphatic heterocycles. The van der Waals surface area contributed by atoms with Crippen LogP contribution >= 0.6 is 0 Å². The number of hydrogen-bond acceptors (Lipinski definition) is 3. The molecule has 0 rings (SSSR count). The van der Waals surface area contributed by atoms with Gasteiger partial charge in [-0.2, -0.15) is 0 Å². The Hall–Kier alpha value is 0.274. The van der Waals surface area contributed by atoms with Gasteiger partial charge < -0.3 is 4.90 Å². The van der Waals surface area contributed by atoms with E-state index < -0.39 is 19.1 Å². The maximum absolute atomic E-state index is 8.50. The van der Waals surface area contributed by atoms with E-state index >= 15 is 0 Å². The van der Waals surface area contributed by atoms with Crippen molar-refractivity contribution in [2.24, 2.45) is 0 Å². The van der Waals surface area contributed by atoms with Crippen LogP contribution in [0, 0.1) is 0 Å². The molecule has 0 radical (unpaired) electrons. The Morgan fingerprint density at radius 1 is 1.00 bits per heavy atom. The third-order valence-corrected chi connectivity index (χ3v) is 1.34. The number of rotatable bonds is 3. The van der Waals surface area contributed by atoms with E-state index in [1.807, 2.05) is 0 Å². The van der Waals surface area contributed by atoms with Gasteiger partial charge in [-0.15, -0.1) is 0 Å². The minimum absolute atomic E-state index is 1.19. The third kappa shape index (κ3) is 11.1. The van der Waals surface area contributed by atoms with Crippen LogP contribution in [0.5, 0.6) is 0 Å². The molecule has 0 bridgehead atoms. The number of hydrogen-bond donors (Lipinski definition) is 0. The predicted molar refractivity (Wildman–Crippen MR) is 34.8 cm³/mol. The van der Waals surface area contributed by atoms with Crippen molar-refractivity contribution in [3.05, 3.63) is 0 Å². The minimum atomic E-state index is -2.00. The molecular formula is C6H15NO2Ti. The quantitative estimate of drug-likeness (QED) is 0.612. The van der Waals surface area contributed by atoms with Gasteiger partial charge in [0.15, 0.2) is 0 Å². The van der Waals surface area contributed by atoms with Gasteiger partial charge in [0, 0.05) is 0 Å². The molecule has 60 valence electrons. The van der Waals surface area contributed by atoms with Crippen molar-refractivity contribution in [1.82, 2.24) is 4.90 Å². The van der Waals surface area contributed by atoms with Crippen molar-refractivity contribution < 1.29 is 25.7 Å². The summed E-state index contributed by atoms with van der Waals surface area (Å²) < 4.78 is 17.0. The standard InChI is InChI=1S/C6H15N.2O.Ti/c1-4-7(5-2)6-3;;;/h4-6H2,1-3H3;;;. The second kappa shape index (κ2) is 12.0. The van der Waals surface area contributed by atoms with Crippen LogP contribution in [-0.2, 0) is 25.7 Å². The molecule has 0 N–H and O–H groups in total. The first-order valence-electron chi connectivity index (χ1n) is 3.48. The first-order valence-corrected chi connectivity index (χ1v) is 4.75. The van der Waals surface area contributed by atoms with Crippen LogP contribution in [0.4, 0.5) is 0 Å². The SMILES string of the molecule is CCN(CC)CC.[O]=[Ti]=[O]. The molecule has 0 aromatic heterocycles. The summed E-state index contributed by atoms with van der Waals surface area (Å²) >= 11 is -2.00. The van der Waals surface area contributed by atoms with E-state index in [4.69, 9.17) is 6.65 Å². The van der Waals surface area contributed by atoms with Gasteiger partial charge in [0.05, 0.1) is 0 Å². The summed E-state index contributed by atoms with van der Waals surface area (Å²) in [7, 11) is 0. The average molecular weight is 181 g/mol. The van der Waals surface area contributed by atoms with E-state index in [1.54, 1.807) is 0 Å². The van der Waals surface area contributed by atoms with Crippen LogP contribution in [0.25, 0.3) is 0 Å². The monoisotopic (exact) mass is 181 g/mol. The maximum atomic E-state index is 8.50. The molecule has 0 unspecified atom stereocenters. The van der Waals surface area contributed by atoms with Gasteiger partial charge in [-0.1, -0.05) is 20.8 Å². The zero-order valence-corrected chi connectivity index (χ0v) is 8.45. The van der Waals surface area contributed by atoms with Crippen molar-refractivity contribution in [1.29, 1.82) is 0 Å². The molecule has 0 aromatic carbocycles. The molecule has 0 aromatic rings. The molecule has 3 nitrogen and oxygen atoms in total. The van der Waals surface area contributed by atoms with Gasteiger partial charge in [0.25, 0.3) is 0 Å². The van der Waals surface area contributed by atoms with Crippen molar-refractivity contribution in [2.75, 3.05) is 19.6 Å². The first-order chi connectivity index (χ1) is 4.76. The van der Waals surface area contributed by atoms with Gasteiger partial charge in [0.1, 0.15) is 0 Å². The van der Waals surface area contributed by atoms with Gasteiger partial charge in [0.2, 0.25) is 0 Å². The van der Waals surface area contributed by atoms with Gasteiger partial charge >= 0.3 is 25.7 Å². The number of nitrogens with zero attached hydrogens (tertiary/aromatic N) is 1. The molecule has 0 aliphatic rings. The Kier molecular flexibility index (Phi) is 15.5. The second-order valence-corrected chi connectivity index (χ2v) is 1.96. The molecule has 0 spiro atoms. The van der Waals surface area contributed by atoms with Crippen LogP contribution in [0.15, 0.2) is 0 Å². The van der Waals surface area contributed by atoms with Crippen LogP contribution in [-0.4, -0.2) is 24.5 Å². The normalized spacial score (nSPS) is 8.00. The molecular weight excluding hydrogens is 166 g/mol. The Bertz CT molecular complexity index is 82.2. The topological polar surface area (TPSA) is 37.4 Å². The van der Waals surface area contributed by atoms with E-state index in [0.717, 1.165) is 0 Å². The van der Waals surface area contributed by atoms with E-state index in [0.29, 0.717) is 0 Å². The zero-order chi connectivity index (χ0) is 8.41. The van der Waals surface area contributed by atoms with Crippen molar-refractivity contribution in [3.8, 4) is 0 Å². The Labute approximate surface area is 71.4 Å². The third-order valence-electron chi connectivity index (χ3n) is 1.34. The molecule has 0 aliphatic carbocycles. The molecule has 4 heteroatoms. The summed E-state index contributed by atoms with van der Waals surface area (Å²) in [5.41, 5.74) is 0. The van der Waals surface area contributed by atoms with Gasteiger partial charge in [-0.3, -0.25) is 0 Å². The Balaban J connectivity index is 0. The Morgan fingerprint density at radius 3 is 1.20 bits per heavy atom. The van der Waals surface area contributed by atoms with Crippen molar-refractivity contribution in [2.45, 2.75) is 20.8 Å². The average Bonchev–Trinajstić information content (AvgIpc) is 1.93.